The van der Waals surface area contributed by atoms with E-state index in [-0.39, 0.29) is 27.8 Å². The van der Waals surface area contributed by atoms with Crippen molar-refractivity contribution in [2.24, 2.45) is 12.2 Å². The number of nitrogens with two attached hydrogens (primary N) is 1. The molecular formula is C8H10N2O5S2. The zero-order valence-electron chi connectivity index (χ0n) is 8.87. The molecule has 0 bridgehead atoms. The fourth-order valence-electron chi connectivity index (χ4n) is 1.84. The van der Waals surface area contributed by atoms with Gasteiger partial charge in [0.1, 0.15) is 5.69 Å². The van der Waals surface area contributed by atoms with Crippen LogP contribution in [0.3, 0.4) is 0 Å². The van der Waals surface area contributed by atoms with Crippen LogP contribution in [0, 0.1) is 0 Å². The number of hydrogen-bond acceptors (Lipinski definition) is 5. The zero-order chi connectivity index (χ0) is 13.0. The van der Waals surface area contributed by atoms with Gasteiger partial charge in [-0.1, -0.05) is 0 Å². The van der Waals surface area contributed by atoms with Gasteiger partial charge in [0, 0.05) is 13.5 Å². The van der Waals surface area contributed by atoms with Crippen LogP contribution in [0.4, 0.5) is 0 Å². The van der Waals surface area contributed by atoms with Gasteiger partial charge in [0.15, 0.2) is 20.6 Å². The molecule has 9 heteroatoms. The molecule has 0 amide bonds. The van der Waals surface area contributed by atoms with Gasteiger partial charge in [0.2, 0.25) is 0 Å². The van der Waals surface area contributed by atoms with E-state index in [1.54, 1.807) is 0 Å². The lowest BCUT2D eigenvalue weighted by molar-refractivity contribution is 0.0974. The molecule has 0 fully saturated rings. The van der Waals surface area contributed by atoms with Crippen molar-refractivity contribution >= 4 is 25.6 Å². The zero-order valence-corrected chi connectivity index (χ0v) is 10.5. The second-order valence-corrected chi connectivity index (χ2v) is 7.38. The summed E-state index contributed by atoms with van der Waals surface area (Å²) in [6.45, 7) is 0. The minimum absolute atomic E-state index is 0.111. The Labute approximate surface area is 98.2 Å². The largest absolute Gasteiger partial charge is 0.330 e. The van der Waals surface area contributed by atoms with Crippen LogP contribution in [0.1, 0.15) is 16.9 Å². The third-order valence-corrected chi connectivity index (χ3v) is 5.34. The molecule has 0 saturated carbocycles. The van der Waals surface area contributed by atoms with Crippen molar-refractivity contribution in [3.63, 3.8) is 0 Å². The molecule has 94 valence electrons. The van der Waals surface area contributed by atoms with Gasteiger partial charge in [-0.25, -0.2) is 22.0 Å². The van der Waals surface area contributed by atoms with Gasteiger partial charge in [-0.05, 0) is 6.07 Å². The number of nitrogens with zero attached hydrogens (tertiary/aromatic N) is 1. The fourth-order valence-corrected chi connectivity index (χ4v) is 4.18. The minimum Gasteiger partial charge on any atom is -0.330 e. The number of carbonyl (C=O) groups excluding carboxylic acids is 1. The van der Waals surface area contributed by atoms with Crippen molar-refractivity contribution < 1.29 is 21.6 Å². The molecule has 0 aliphatic carbocycles. The number of carbonyl (C=O) groups is 1. The first kappa shape index (κ1) is 12.3. The van der Waals surface area contributed by atoms with Crippen LogP contribution in [0.25, 0.3) is 0 Å². The maximum absolute atomic E-state index is 11.7. The Morgan fingerprint density at radius 2 is 2.00 bits per heavy atom. The molecule has 2 rings (SSSR count). The second-order valence-electron chi connectivity index (χ2n) is 3.79. The number of aromatic nitrogens is 1. The van der Waals surface area contributed by atoms with Crippen LogP contribution in [0.5, 0.6) is 0 Å². The SMILES string of the molecule is Cn1c(S(N)(=O)=O)cc2c1C(=O)CCS2(=O)=O. The van der Waals surface area contributed by atoms with E-state index < -0.39 is 25.6 Å². The van der Waals surface area contributed by atoms with E-state index in [9.17, 15) is 21.6 Å². The highest BCUT2D eigenvalue weighted by molar-refractivity contribution is 7.92. The summed E-state index contributed by atoms with van der Waals surface area (Å²) in [4.78, 5) is 11.4. The third-order valence-electron chi connectivity index (χ3n) is 2.64. The van der Waals surface area contributed by atoms with Crippen molar-refractivity contribution in [2.75, 3.05) is 5.75 Å². The smallest absolute Gasteiger partial charge is 0.253 e. The summed E-state index contributed by atoms with van der Waals surface area (Å²) in [6, 6.07) is 0.942. The van der Waals surface area contributed by atoms with Gasteiger partial charge in [-0.3, -0.25) is 4.79 Å². The molecule has 17 heavy (non-hydrogen) atoms. The summed E-state index contributed by atoms with van der Waals surface area (Å²) >= 11 is 0. The van der Waals surface area contributed by atoms with E-state index in [0.717, 1.165) is 10.6 Å². The number of sulfonamides is 1. The standard InChI is InChI=1S/C8H10N2O5S2/c1-10-7(17(9,14)15)4-6-8(10)5(11)2-3-16(6,12)13/h4H,2-3H2,1H3,(H2,9,14,15). The highest BCUT2D eigenvalue weighted by Gasteiger charge is 2.35. The lowest BCUT2D eigenvalue weighted by Crippen LogP contribution is -2.23. The third kappa shape index (κ3) is 1.79. The van der Waals surface area contributed by atoms with Gasteiger partial charge in [-0.15, -0.1) is 0 Å². The molecule has 2 N–H and O–H groups in total. The van der Waals surface area contributed by atoms with E-state index >= 15 is 0 Å². The van der Waals surface area contributed by atoms with Crippen LogP contribution >= 0.6 is 0 Å². The van der Waals surface area contributed by atoms with E-state index in [1.807, 2.05) is 0 Å². The summed E-state index contributed by atoms with van der Waals surface area (Å²) in [6.07, 6.45) is -0.142. The number of sulfone groups is 1. The van der Waals surface area contributed by atoms with E-state index in [1.165, 1.54) is 7.05 Å². The number of fused-ring (bicyclic) bond motifs is 1. The first-order valence-corrected chi connectivity index (χ1v) is 7.83. The predicted molar refractivity (Wildman–Crippen MR) is 57.8 cm³/mol. The molecule has 1 aliphatic rings. The van der Waals surface area contributed by atoms with Gasteiger partial charge >= 0.3 is 0 Å². The van der Waals surface area contributed by atoms with Crippen molar-refractivity contribution in [3.05, 3.63) is 11.8 Å². The van der Waals surface area contributed by atoms with E-state index in [0.29, 0.717) is 0 Å². The van der Waals surface area contributed by atoms with E-state index in [2.05, 4.69) is 0 Å². The predicted octanol–water partition coefficient (Wildman–Crippen LogP) is -0.967. The highest BCUT2D eigenvalue weighted by Crippen LogP contribution is 2.29. The molecule has 7 nitrogen and oxygen atoms in total. The molecule has 0 aromatic carbocycles. The summed E-state index contributed by atoms with van der Waals surface area (Å²) < 4.78 is 46.9. The van der Waals surface area contributed by atoms with Gasteiger partial charge in [-0.2, -0.15) is 0 Å². The van der Waals surface area contributed by atoms with Crippen LogP contribution in [0.15, 0.2) is 16.0 Å². The van der Waals surface area contributed by atoms with Crippen molar-refractivity contribution in [1.82, 2.24) is 4.57 Å². The van der Waals surface area contributed by atoms with Crippen LogP contribution in [0.2, 0.25) is 0 Å². The monoisotopic (exact) mass is 278 g/mol. The minimum atomic E-state index is -4.05. The molecule has 0 radical (unpaired) electrons. The number of ketones is 1. The molecular weight excluding hydrogens is 268 g/mol. The van der Waals surface area contributed by atoms with Gasteiger partial charge in [0.05, 0.1) is 10.6 Å². The Kier molecular flexibility index (Phi) is 2.46. The summed E-state index contributed by atoms with van der Waals surface area (Å²) in [5.41, 5.74) is -0.111. The maximum atomic E-state index is 11.7. The molecule has 0 saturated heterocycles. The van der Waals surface area contributed by atoms with Crippen LogP contribution in [-0.2, 0) is 26.9 Å². The number of hydrogen-bond donors (Lipinski definition) is 1. The average molecular weight is 278 g/mol. The first-order chi connectivity index (χ1) is 7.64. The number of rotatable bonds is 1. The van der Waals surface area contributed by atoms with E-state index in [4.69, 9.17) is 5.14 Å². The molecule has 0 spiro atoms. The highest BCUT2D eigenvalue weighted by atomic mass is 32.2. The lowest BCUT2D eigenvalue weighted by Gasteiger charge is -2.12. The van der Waals surface area contributed by atoms with Crippen molar-refractivity contribution in [1.29, 1.82) is 0 Å². The Morgan fingerprint density at radius 1 is 1.41 bits per heavy atom. The molecule has 2 heterocycles. The topological polar surface area (TPSA) is 116 Å². The molecule has 1 aliphatic heterocycles. The average Bonchev–Trinajstić information content (AvgIpc) is 2.51. The Morgan fingerprint density at radius 3 is 2.47 bits per heavy atom. The Balaban J connectivity index is 2.88. The molecule has 0 unspecified atom stereocenters. The first-order valence-electron chi connectivity index (χ1n) is 4.63. The Bertz CT molecular complexity index is 711. The maximum Gasteiger partial charge on any atom is 0.253 e. The van der Waals surface area contributed by atoms with Crippen LogP contribution in [-0.4, -0.2) is 32.9 Å². The van der Waals surface area contributed by atoms with Crippen LogP contribution < -0.4 is 5.14 Å². The number of Topliss-reactive ketones (excluding diaryl/α,β-unsaturated/α-hetero) is 1. The molecule has 0 atom stereocenters. The summed E-state index contributed by atoms with van der Waals surface area (Å²) in [5, 5.41) is 4.58. The van der Waals surface area contributed by atoms with Gasteiger partial charge in [0.25, 0.3) is 10.0 Å². The lowest BCUT2D eigenvalue weighted by atomic mass is 10.2. The fraction of sp³-hybridized carbons (Fsp3) is 0.375. The molecule has 1 aromatic rings. The second kappa shape index (κ2) is 3.40. The number of primary sulfonamides is 1. The summed E-state index contributed by atoms with van der Waals surface area (Å²) in [7, 11) is -6.35. The molecule has 1 aromatic heterocycles. The quantitative estimate of drug-likeness (QED) is 0.709. The Hall–Kier alpha value is -1.19. The van der Waals surface area contributed by atoms with Crippen molar-refractivity contribution in [2.45, 2.75) is 16.3 Å². The summed E-state index contributed by atoms with van der Waals surface area (Å²) in [5.74, 6) is -0.695. The normalized spacial score (nSPS) is 19.1. The van der Waals surface area contributed by atoms with Crippen molar-refractivity contribution in [3.8, 4) is 0 Å². The van der Waals surface area contributed by atoms with Gasteiger partial charge < -0.3 is 4.57 Å².